The summed E-state index contributed by atoms with van der Waals surface area (Å²) >= 11 is 0. The van der Waals surface area contributed by atoms with Crippen LogP contribution in [-0.4, -0.2) is 18.0 Å². The van der Waals surface area contributed by atoms with Gasteiger partial charge in [0.1, 0.15) is 0 Å². The van der Waals surface area contributed by atoms with Crippen molar-refractivity contribution >= 4 is 5.91 Å². The molecule has 0 aromatic heterocycles. The van der Waals surface area contributed by atoms with Gasteiger partial charge in [-0.25, -0.2) is 5.48 Å². The number of carbonyl (C=O) groups excluding carboxylic acids is 1. The van der Waals surface area contributed by atoms with Gasteiger partial charge in [0.2, 0.25) is 0 Å². The monoisotopic (exact) mass is 264 g/mol. The lowest BCUT2D eigenvalue weighted by Gasteiger charge is -2.19. The average molecular weight is 264 g/mol. The van der Waals surface area contributed by atoms with Gasteiger partial charge in [0.05, 0.1) is 12.6 Å². The molecule has 2 N–H and O–H groups in total. The van der Waals surface area contributed by atoms with Gasteiger partial charge in [-0.05, 0) is 12.0 Å². The molecule has 0 saturated heterocycles. The Hall–Kier alpha value is -1.39. The van der Waals surface area contributed by atoms with Gasteiger partial charge < -0.3 is 5.32 Å². The van der Waals surface area contributed by atoms with Crippen LogP contribution in [0.1, 0.15) is 39.2 Å². The van der Waals surface area contributed by atoms with E-state index < -0.39 is 0 Å². The number of hydrogen-bond donors (Lipinski definition) is 2. The Balaban J connectivity index is 2.35. The first-order valence-electron chi connectivity index (χ1n) is 6.85. The third-order valence-corrected chi connectivity index (χ3v) is 2.68. The summed E-state index contributed by atoms with van der Waals surface area (Å²) in [5, 5.41) is 3.24. The SMILES string of the molecule is CCC[C@H](NC(C)C)C(=O)NOCc1ccccc1. The predicted octanol–water partition coefficient (Wildman–Crippen LogP) is 2.40. The second kappa shape index (κ2) is 8.67. The molecule has 0 radical (unpaired) electrons. The number of nitrogens with one attached hydrogen (secondary N) is 2. The van der Waals surface area contributed by atoms with Crippen molar-refractivity contribution < 1.29 is 9.63 Å². The Labute approximate surface area is 115 Å². The van der Waals surface area contributed by atoms with E-state index in [4.69, 9.17) is 4.84 Å². The molecular weight excluding hydrogens is 240 g/mol. The van der Waals surface area contributed by atoms with Gasteiger partial charge in [-0.15, -0.1) is 0 Å². The molecule has 0 unspecified atom stereocenters. The van der Waals surface area contributed by atoms with Crippen molar-refractivity contribution in [3.05, 3.63) is 35.9 Å². The molecule has 1 atom stereocenters. The van der Waals surface area contributed by atoms with Crippen LogP contribution in [0, 0.1) is 0 Å². The van der Waals surface area contributed by atoms with Gasteiger partial charge in [-0.1, -0.05) is 57.5 Å². The van der Waals surface area contributed by atoms with Crippen LogP contribution in [0.25, 0.3) is 0 Å². The Morgan fingerprint density at radius 1 is 1.26 bits per heavy atom. The summed E-state index contributed by atoms with van der Waals surface area (Å²) in [7, 11) is 0. The highest BCUT2D eigenvalue weighted by molar-refractivity contribution is 5.80. The van der Waals surface area contributed by atoms with Crippen molar-refractivity contribution in [2.75, 3.05) is 0 Å². The molecule has 0 saturated carbocycles. The van der Waals surface area contributed by atoms with Crippen LogP contribution in [0.15, 0.2) is 30.3 Å². The number of carbonyl (C=O) groups is 1. The number of hydroxylamine groups is 1. The van der Waals surface area contributed by atoms with Crippen LogP contribution in [0.5, 0.6) is 0 Å². The first-order chi connectivity index (χ1) is 9.13. The molecule has 0 aliphatic rings. The zero-order chi connectivity index (χ0) is 14.1. The summed E-state index contributed by atoms with van der Waals surface area (Å²) in [6.45, 7) is 6.50. The van der Waals surface area contributed by atoms with E-state index in [-0.39, 0.29) is 18.0 Å². The van der Waals surface area contributed by atoms with Crippen LogP contribution in [0.3, 0.4) is 0 Å². The van der Waals surface area contributed by atoms with Gasteiger partial charge in [-0.2, -0.15) is 0 Å². The van der Waals surface area contributed by atoms with Crippen molar-refractivity contribution in [3.63, 3.8) is 0 Å². The third kappa shape index (κ3) is 6.36. The molecule has 1 aromatic carbocycles. The lowest BCUT2D eigenvalue weighted by molar-refractivity contribution is -0.137. The van der Waals surface area contributed by atoms with Crippen LogP contribution in [0.4, 0.5) is 0 Å². The second-order valence-corrected chi connectivity index (χ2v) is 4.90. The minimum absolute atomic E-state index is 0.105. The van der Waals surface area contributed by atoms with Crippen molar-refractivity contribution in [2.24, 2.45) is 0 Å². The molecule has 1 aromatic rings. The largest absolute Gasteiger partial charge is 0.304 e. The van der Waals surface area contributed by atoms with Crippen molar-refractivity contribution in [3.8, 4) is 0 Å². The fraction of sp³-hybridized carbons (Fsp3) is 0.533. The lowest BCUT2D eigenvalue weighted by atomic mass is 10.1. The maximum Gasteiger partial charge on any atom is 0.260 e. The average Bonchev–Trinajstić information content (AvgIpc) is 2.39. The number of benzene rings is 1. The predicted molar refractivity (Wildman–Crippen MR) is 76.3 cm³/mol. The summed E-state index contributed by atoms with van der Waals surface area (Å²) in [6, 6.07) is 9.84. The first-order valence-corrected chi connectivity index (χ1v) is 6.85. The second-order valence-electron chi connectivity index (χ2n) is 4.90. The van der Waals surface area contributed by atoms with E-state index in [0.717, 1.165) is 18.4 Å². The van der Waals surface area contributed by atoms with Gasteiger partial charge in [0, 0.05) is 6.04 Å². The smallest absolute Gasteiger partial charge is 0.260 e. The fourth-order valence-electron chi connectivity index (χ4n) is 1.82. The van der Waals surface area contributed by atoms with Crippen molar-refractivity contribution in [1.29, 1.82) is 0 Å². The Bertz CT molecular complexity index is 366. The van der Waals surface area contributed by atoms with E-state index in [1.54, 1.807) is 0 Å². The Morgan fingerprint density at radius 2 is 1.95 bits per heavy atom. The molecule has 4 nitrogen and oxygen atoms in total. The quantitative estimate of drug-likeness (QED) is 0.709. The molecule has 1 amide bonds. The normalized spacial score (nSPS) is 12.4. The van der Waals surface area contributed by atoms with Crippen LogP contribution < -0.4 is 10.8 Å². The molecule has 106 valence electrons. The molecule has 1 rings (SSSR count). The Kier molecular flexibility index (Phi) is 7.15. The lowest BCUT2D eigenvalue weighted by Crippen LogP contribution is -2.46. The highest BCUT2D eigenvalue weighted by Crippen LogP contribution is 2.01. The topological polar surface area (TPSA) is 50.4 Å². The van der Waals surface area contributed by atoms with E-state index >= 15 is 0 Å². The van der Waals surface area contributed by atoms with Gasteiger partial charge >= 0.3 is 0 Å². The van der Waals surface area contributed by atoms with E-state index in [1.807, 2.05) is 44.2 Å². The van der Waals surface area contributed by atoms with Gasteiger partial charge in [0.15, 0.2) is 0 Å². The first kappa shape index (κ1) is 15.7. The molecular formula is C15H24N2O2. The van der Waals surface area contributed by atoms with E-state index in [2.05, 4.69) is 17.7 Å². The molecule has 4 heteroatoms. The Morgan fingerprint density at radius 3 is 2.53 bits per heavy atom. The number of hydrogen-bond acceptors (Lipinski definition) is 3. The number of rotatable bonds is 8. The molecule has 0 spiro atoms. The molecule has 0 fully saturated rings. The summed E-state index contributed by atoms with van der Waals surface area (Å²) < 4.78 is 0. The number of amides is 1. The maximum atomic E-state index is 12.0. The molecule has 0 heterocycles. The zero-order valence-corrected chi connectivity index (χ0v) is 12.0. The highest BCUT2D eigenvalue weighted by Gasteiger charge is 2.17. The van der Waals surface area contributed by atoms with Crippen LogP contribution in [-0.2, 0) is 16.2 Å². The molecule has 0 aliphatic carbocycles. The highest BCUT2D eigenvalue weighted by atomic mass is 16.6. The summed E-state index contributed by atoms with van der Waals surface area (Å²) in [6.07, 6.45) is 1.76. The van der Waals surface area contributed by atoms with Gasteiger partial charge in [-0.3, -0.25) is 9.63 Å². The summed E-state index contributed by atoms with van der Waals surface area (Å²) in [4.78, 5) is 17.2. The maximum absolute atomic E-state index is 12.0. The van der Waals surface area contributed by atoms with Crippen LogP contribution >= 0.6 is 0 Å². The van der Waals surface area contributed by atoms with Gasteiger partial charge in [0.25, 0.3) is 5.91 Å². The molecule has 19 heavy (non-hydrogen) atoms. The fourth-order valence-corrected chi connectivity index (χ4v) is 1.82. The van der Waals surface area contributed by atoms with E-state index in [9.17, 15) is 4.79 Å². The minimum atomic E-state index is -0.194. The van der Waals surface area contributed by atoms with Crippen LogP contribution in [0.2, 0.25) is 0 Å². The summed E-state index contributed by atoms with van der Waals surface area (Å²) in [5.74, 6) is -0.105. The third-order valence-electron chi connectivity index (χ3n) is 2.68. The van der Waals surface area contributed by atoms with E-state index in [0.29, 0.717) is 6.61 Å². The standard InChI is InChI=1S/C15H24N2O2/c1-4-8-14(16-12(2)3)15(18)17-19-11-13-9-6-5-7-10-13/h5-7,9-10,12,14,16H,4,8,11H2,1-3H3,(H,17,18)/t14-/m0/s1. The van der Waals surface area contributed by atoms with Crippen molar-refractivity contribution in [1.82, 2.24) is 10.8 Å². The minimum Gasteiger partial charge on any atom is -0.304 e. The molecule has 0 bridgehead atoms. The van der Waals surface area contributed by atoms with Crippen molar-refractivity contribution in [2.45, 2.75) is 52.3 Å². The zero-order valence-electron chi connectivity index (χ0n) is 12.0. The molecule has 0 aliphatic heterocycles. The summed E-state index contributed by atoms with van der Waals surface area (Å²) in [5.41, 5.74) is 3.55. The van der Waals surface area contributed by atoms with E-state index in [1.165, 1.54) is 0 Å².